The summed E-state index contributed by atoms with van der Waals surface area (Å²) in [7, 11) is 0. The summed E-state index contributed by atoms with van der Waals surface area (Å²) in [6.07, 6.45) is 8.61. The first-order valence-corrected chi connectivity index (χ1v) is 8.40. The van der Waals surface area contributed by atoms with Gasteiger partial charge in [-0.25, -0.2) is 4.21 Å². The summed E-state index contributed by atoms with van der Waals surface area (Å²) in [5.41, 5.74) is 0. The molecule has 18 heavy (non-hydrogen) atoms. The van der Waals surface area contributed by atoms with Crippen molar-refractivity contribution in [3.05, 3.63) is 0 Å². The monoisotopic (exact) mass is 274 g/mol. The van der Waals surface area contributed by atoms with Crippen LogP contribution in [0.15, 0.2) is 0 Å². The highest BCUT2D eigenvalue weighted by atomic mass is 32.2. The zero-order valence-corrected chi connectivity index (χ0v) is 11.7. The topological polar surface area (TPSA) is 26.3 Å². The lowest BCUT2D eigenvalue weighted by molar-refractivity contribution is 0.0317. The average Bonchev–Trinajstić information content (AvgIpc) is 2.32. The Hall–Kier alpha value is 0.0400. The lowest BCUT2D eigenvalue weighted by Gasteiger charge is -2.55. The Bertz CT molecular complexity index is 296. The minimum absolute atomic E-state index is 0.0372. The number of rotatable bonds is 6. The highest BCUT2D eigenvalue weighted by Gasteiger charge is 2.54. The Morgan fingerprint density at radius 1 is 1.06 bits per heavy atom. The van der Waals surface area contributed by atoms with Gasteiger partial charge in [-0.1, -0.05) is 0 Å². The second kappa shape index (κ2) is 5.20. The van der Waals surface area contributed by atoms with E-state index in [1.165, 1.54) is 19.3 Å². The van der Waals surface area contributed by atoms with Crippen molar-refractivity contribution in [2.45, 2.75) is 56.1 Å². The molecular formula is C14H23FO2S. The normalized spacial score (nSPS) is 43.3. The molecule has 4 rings (SSSR count). The predicted molar refractivity (Wildman–Crippen MR) is 70.2 cm³/mol. The third-order valence-electron chi connectivity index (χ3n) is 5.05. The first kappa shape index (κ1) is 13.0. The van der Waals surface area contributed by atoms with Gasteiger partial charge in [-0.2, -0.15) is 0 Å². The van der Waals surface area contributed by atoms with E-state index in [0.29, 0.717) is 19.4 Å². The first-order chi connectivity index (χ1) is 8.72. The van der Waals surface area contributed by atoms with Crippen molar-refractivity contribution >= 4 is 11.1 Å². The summed E-state index contributed by atoms with van der Waals surface area (Å²) in [6, 6.07) is 0. The molecule has 4 bridgehead atoms. The van der Waals surface area contributed by atoms with Crippen LogP contribution in [0.5, 0.6) is 0 Å². The molecule has 4 fully saturated rings. The molecule has 0 aliphatic heterocycles. The number of halogens is 1. The molecule has 0 amide bonds. The van der Waals surface area contributed by atoms with E-state index in [2.05, 4.69) is 0 Å². The highest BCUT2D eigenvalue weighted by molar-refractivity contribution is 7.81. The van der Waals surface area contributed by atoms with Crippen LogP contribution in [0.4, 0.5) is 4.39 Å². The molecular weight excluding hydrogens is 251 g/mol. The van der Waals surface area contributed by atoms with Gasteiger partial charge in [0.2, 0.25) is 0 Å². The molecule has 0 N–H and O–H groups in total. The van der Waals surface area contributed by atoms with Gasteiger partial charge in [0.25, 0.3) is 0 Å². The fourth-order valence-corrected chi connectivity index (χ4v) is 6.33. The van der Waals surface area contributed by atoms with Gasteiger partial charge >= 0.3 is 0 Å². The van der Waals surface area contributed by atoms with E-state index in [4.69, 9.17) is 4.18 Å². The molecule has 4 heteroatoms. The van der Waals surface area contributed by atoms with E-state index in [0.717, 1.165) is 37.0 Å². The molecule has 0 radical (unpaired) electrons. The SMILES string of the molecule is O=S(OCCCCF)C12CC3CC(CC(C3)C1)C2. The van der Waals surface area contributed by atoms with Crippen molar-refractivity contribution in [1.29, 1.82) is 0 Å². The number of unbranched alkanes of at least 4 members (excludes halogenated alkanes) is 1. The van der Waals surface area contributed by atoms with Crippen LogP contribution in [-0.2, 0) is 15.3 Å². The largest absolute Gasteiger partial charge is 0.290 e. The van der Waals surface area contributed by atoms with Gasteiger partial charge < -0.3 is 0 Å². The fourth-order valence-electron chi connectivity index (χ4n) is 4.69. The standard InChI is InChI=1S/C14H23FO2S/c15-3-1-2-4-17-18(16)14-8-11-5-12(9-14)7-13(6-11)10-14/h11-13H,1-10H2. The second-order valence-electron chi connectivity index (χ2n) is 6.55. The summed E-state index contributed by atoms with van der Waals surface area (Å²) in [5.74, 6) is 2.40. The van der Waals surface area contributed by atoms with Gasteiger partial charge in [-0.05, 0) is 69.1 Å². The minimum atomic E-state index is -1.15. The lowest BCUT2D eigenvalue weighted by atomic mass is 9.56. The maximum absolute atomic E-state index is 12.5. The molecule has 1 unspecified atom stereocenters. The number of alkyl halides is 1. The summed E-state index contributed by atoms with van der Waals surface area (Å²) in [5, 5.41) is 0. The van der Waals surface area contributed by atoms with E-state index in [-0.39, 0.29) is 11.4 Å². The third-order valence-corrected chi connectivity index (χ3v) is 6.64. The van der Waals surface area contributed by atoms with Crippen LogP contribution in [0.2, 0.25) is 0 Å². The Morgan fingerprint density at radius 2 is 1.61 bits per heavy atom. The van der Waals surface area contributed by atoms with Gasteiger partial charge in [0.05, 0.1) is 18.0 Å². The van der Waals surface area contributed by atoms with Gasteiger partial charge in [0.15, 0.2) is 11.1 Å². The number of hydrogen-bond acceptors (Lipinski definition) is 2. The summed E-state index contributed by atoms with van der Waals surface area (Å²) < 4.78 is 30.0. The van der Waals surface area contributed by atoms with E-state index >= 15 is 0 Å². The Morgan fingerprint density at radius 3 is 2.11 bits per heavy atom. The highest BCUT2D eigenvalue weighted by Crippen LogP contribution is 2.58. The minimum Gasteiger partial charge on any atom is -0.290 e. The van der Waals surface area contributed by atoms with E-state index in [1.807, 2.05) is 0 Å². The Labute approximate surface area is 111 Å². The van der Waals surface area contributed by atoms with E-state index < -0.39 is 11.1 Å². The van der Waals surface area contributed by atoms with Gasteiger partial charge in [0.1, 0.15) is 0 Å². The van der Waals surface area contributed by atoms with E-state index in [1.54, 1.807) is 0 Å². The molecule has 0 aromatic rings. The van der Waals surface area contributed by atoms with Crippen LogP contribution in [0.1, 0.15) is 51.4 Å². The molecule has 104 valence electrons. The van der Waals surface area contributed by atoms with Crippen molar-refractivity contribution in [3.63, 3.8) is 0 Å². The second-order valence-corrected chi connectivity index (χ2v) is 8.12. The lowest BCUT2D eigenvalue weighted by Crippen LogP contribution is -2.53. The summed E-state index contributed by atoms with van der Waals surface area (Å²) in [6.45, 7) is 0.158. The summed E-state index contributed by atoms with van der Waals surface area (Å²) >= 11 is -1.15. The van der Waals surface area contributed by atoms with Crippen molar-refractivity contribution in [2.75, 3.05) is 13.3 Å². The molecule has 4 aliphatic rings. The van der Waals surface area contributed by atoms with Crippen LogP contribution in [0.25, 0.3) is 0 Å². The summed E-state index contributed by atoms with van der Waals surface area (Å²) in [4.78, 5) is 0. The fraction of sp³-hybridized carbons (Fsp3) is 1.00. The zero-order valence-electron chi connectivity index (χ0n) is 10.9. The van der Waals surface area contributed by atoms with Crippen LogP contribution >= 0.6 is 0 Å². The van der Waals surface area contributed by atoms with Crippen molar-refractivity contribution in [1.82, 2.24) is 0 Å². The Kier molecular flexibility index (Phi) is 3.77. The molecule has 2 nitrogen and oxygen atoms in total. The van der Waals surface area contributed by atoms with Gasteiger partial charge in [0, 0.05) is 0 Å². The maximum atomic E-state index is 12.5. The van der Waals surface area contributed by atoms with Crippen LogP contribution < -0.4 is 0 Å². The molecule has 0 saturated heterocycles. The zero-order chi connectivity index (χ0) is 12.6. The smallest absolute Gasteiger partial charge is 0.161 e. The molecule has 4 saturated carbocycles. The third kappa shape index (κ3) is 2.38. The van der Waals surface area contributed by atoms with Crippen LogP contribution in [-0.4, -0.2) is 22.2 Å². The Balaban J connectivity index is 1.59. The predicted octanol–water partition coefficient (Wildman–Crippen LogP) is 3.39. The molecule has 1 atom stereocenters. The van der Waals surface area contributed by atoms with Crippen molar-refractivity contribution in [2.24, 2.45) is 17.8 Å². The van der Waals surface area contributed by atoms with Crippen LogP contribution in [0, 0.1) is 17.8 Å². The quantitative estimate of drug-likeness (QED) is 0.694. The van der Waals surface area contributed by atoms with Crippen LogP contribution in [0.3, 0.4) is 0 Å². The maximum Gasteiger partial charge on any atom is 0.161 e. The van der Waals surface area contributed by atoms with Gasteiger partial charge in [-0.15, -0.1) is 0 Å². The molecule has 0 aromatic heterocycles. The van der Waals surface area contributed by atoms with Gasteiger partial charge in [-0.3, -0.25) is 8.57 Å². The van der Waals surface area contributed by atoms with Crippen molar-refractivity contribution < 1.29 is 12.8 Å². The molecule has 0 aromatic carbocycles. The molecule has 0 spiro atoms. The number of hydrogen-bond donors (Lipinski definition) is 0. The first-order valence-electron chi connectivity index (χ1n) is 7.33. The molecule has 0 heterocycles. The average molecular weight is 274 g/mol. The molecule has 4 aliphatic carbocycles. The van der Waals surface area contributed by atoms with Crippen molar-refractivity contribution in [3.8, 4) is 0 Å². The van der Waals surface area contributed by atoms with E-state index in [9.17, 15) is 8.60 Å².